The Morgan fingerprint density at radius 1 is 1.05 bits per heavy atom. The molecule has 1 heterocycles. The molecule has 0 unspecified atom stereocenters. The minimum Gasteiger partial charge on any atom is -0.479 e. The van der Waals surface area contributed by atoms with Gasteiger partial charge in [0.05, 0.1) is 58.9 Å². The molecule has 0 fully saturated rings. The second-order valence-corrected chi connectivity index (χ2v) is 8.32. The summed E-state index contributed by atoms with van der Waals surface area (Å²) in [6, 6.07) is -0.827. The molecule has 38 heavy (non-hydrogen) atoms. The fourth-order valence-electron chi connectivity index (χ4n) is 3.37. The van der Waals surface area contributed by atoms with Crippen LogP contribution in [0.15, 0.2) is 16.8 Å². The Hall–Kier alpha value is -2.69. The molecule has 0 aromatic rings. The van der Waals surface area contributed by atoms with E-state index in [1.54, 1.807) is 6.92 Å². The second kappa shape index (κ2) is 19.4. The predicted octanol–water partition coefficient (Wildman–Crippen LogP) is -1.44. The van der Waals surface area contributed by atoms with E-state index in [4.69, 9.17) is 39.9 Å². The van der Waals surface area contributed by atoms with Crippen LogP contribution in [0, 0.1) is 5.92 Å². The van der Waals surface area contributed by atoms with Gasteiger partial charge in [0, 0.05) is 19.1 Å². The molecule has 0 spiro atoms. The van der Waals surface area contributed by atoms with Crippen molar-refractivity contribution in [1.82, 2.24) is 5.32 Å². The molecule has 0 saturated heterocycles. The molecule has 0 bridgehead atoms. The standard InChI is InChI=1S/C23H42N4O11/c1-3-5-33-7-9-35-11-12-36-10-8-34-6-4-26-23(32)38-20(17(29)14-28)19-15(2)16(27-22(24)25)13-18(37-19)21(30)31/h13,15-17,19-20,28-29H,3-12,14H2,1-2H3,(H,26,32)(H,30,31)(H4,24,25,27)/t15-,16+,17-,19-,20-/m1/s1. The lowest BCUT2D eigenvalue weighted by atomic mass is 9.87. The fraction of sp³-hybridized carbons (Fsp3) is 0.783. The number of nitrogens with two attached hydrogens (primary N) is 2. The van der Waals surface area contributed by atoms with E-state index < -0.39 is 54.7 Å². The molecule has 15 heteroatoms. The summed E-state index contributed by atoms with van der Waals surface area (Å²) in [6.45, 7) is 6.42. The van der Waals surface area contributed by atoms with Crippen molar-refractivity contribution in [2.75, 3.05) is 66.0 Å². The number of carboxylic acid groups (broad SMARTS) is 1. The quantitative estimate of drug-likeness (QED) is 0.0580. The Labute approximate surface area is 222 Å². The van der Waals surface area contributed by atoms with Crippen LogP contribution >= 0.6 is 0 Å². The molecule has 0 radical (unpaired) electrons. The Morgan fingerprint density at radius 2 is 1.61 bits per heavy atom. The minimum absolute atomic E-state index is 0.0830. The first-order valence-electron chi connectivity index (χ1n) is 12.5. The monoisotopic (exact) mass is 550 g/mol. The first kappa shape index (κ1) is 33.3. The average Bonchev–Trinajstić information content (AvgIpc) is 2.88. The number of ether oxygens (including phenoxy) is 6. The number of rotatable bonds is 20. The van der Waals surface area contributed by atoms with E-state index in [-0.39, 0.29) is 19.1 Å². The van der Waals surface area contributed by atoms with Gasteiger partial charge in [0.1, 0.15) is 12.2 Å². The molecule has 0 saturated carbocycles. The molecule has 1 rings (SSSR count). The lowest BCUT2D eigenvalue weighted by Crippen LogP contribution is -2.52. The van der Waals surface area contributed by atoms with Crippen molar-refractivity contribution in [2.24, 2.45) is 22.4 Å². The summed E-state index contributed by atoms with van der Waals surface area (Å²) in [5, 5.41) is 31.6. The molecule has 0 aromatic carbocycles. The van der Waals surface area contributed by atoms with Crippen LogP contribution in [-0.4, -0.2) is 124 Å². The van der Waals surface area contributed by atoms with Crippen LogP contribution in [0.25, 0.3) is 0 Å². The van der Waals surface area contributed by atoms with Gasteiger partial charge in [-0.2, -0.15) is 0 Å². The van der Waals surface area contributed by atoms with Gasteiger partial charge in [0.15, 0.2) is 12.1 Å². The number of nitrogens with zero attached hydrogens (tertiary/aromatic N) is 1. The normalized spacial score (nSPS) is 20.5. The highest BCUT2D eigenvalue weighted by atomic mass is 16.6. The third kappa shape index (κ3) is 13.2. The molecule has 1 aliphatic rings. The van der Waals surface area contributed by atoms with E-state index in [0.29, 0.717) is 39.6 Å². The van der Waals surface area contributed by atoms with Gasteiger partial charge in [-0.05, 0) is 12.5 Å². The highest BCUT2D eigenvalue weighted by molar-refractivity contribution is 5.85. The highest BCUT2D eigenvalue weighted by Gasteiger charge is 2.43. The largest absolute Gasteiger partial charge is 0.479 e. The summed E-state index contributed by atoms with van der Waals surface area (Å²) in [6.07, 6.45) is -2.91. The Balaban J connectivity index is 2.41. The highest BCUT2D eigenvalue weighted by Crippen LogP contribution is 2.30. The maximum atomic E-state index is 12.3. The number of amides is 1. The average molecular weight is 551 g/mol. The van der Waals surface area contributed by atoms with Crippen molar-refractivity contribution in [3.8, 4) is 0 Å². The van der Waals surface area contributed by atoms with Gasteiger partial charge in [-0.25, -0.2) is 14.6 Å². The summed E-state index contributed by atoms with van der Waals surface area (Å²) in [5.74, 6) is -2.79. The SMILES string of the molecule is CCCOCCOCCOCCOCCNC(=O)O[C@@H]([C@@H]1OC(C(=O)O)=C[C@H](N=C(N)N)[C@H]1C)[C@H](O)CO. The van der Waals surface area contributed by atoms with E-state index in [1.807, 2.05) is 6.92 Å². The van der Waals surface area contributed by atoms with Crippen LogP contribution in [-0.2, 0) is 33.2 Å². The van der Waals surface area contributed by atoms with Crippen LogP contribution in [0.4, 0.5) is 4.79 Å². The van der Waals surface area contributed by atoms with E-state index in [9.17, 15) is 24.9 Å². The molecule has 15 nitrogen and oxygen atoms in total. The van der Waals surface area contributed by atoms with Gasteiger partial charge in [-0.1, -0.05) is 13.8 Å². The molecule has 0 aromatic heterocycles. The van der Waals surface area contributed by atoms with Crippen LogP contribution in [0.2, 0.25) is 0 Å². The lowest BCUT2D eigenvalue weighted by molar-refractivity contribution is -0.147. The van der Waals surface area contributed by atoms with Gasteiger partial charge in [0.25, 0.3) is 0 Å². The van der Waals surface area contributed by atoms with E-state index in [0.717, 1.165) is 13.0 Å². The van der Waals surface area contributed by atoms with Crippen molar-refractivity contribution in [1.29, 1.82) is 0 Å². The van der Waals surface area contributed by atoms with Crippen LogP contribution in [0.3, 0.4) is 0 Å². The van der Waals surface area contributed by atoms with Gasteiger partial charge in [-0.15, -0.1) is 0 Å². The van der Waals surface area contributed by atoms with Gasteiger partial charge in [0.2, 0.25) is 5.76 Å². The summed E-state index contributed by atoms with van der Waals surface area (Å²) < 4.78 is 32.2. The zero-order chi connectivity index (χ0) is 28.3. The molecular formula is C23H42N4O11. The molecule has 5 atom stereocenters. The summed E-state index contributed by atoms with van der Waals surface area (Å²) in [7, 11) is 0. The predicted molar refractivity (Wildman–Crippen MR) is 134 cm³/mol. The number of aliphatic carboxylic acids is 1. The van der Waals surface area contributed by atoms with Crippen molar-refractivity contribution in [3.05, 3.63) is 11.8 Å². The van der Waals surface area contributed by atoms with E-state index in [1.165, 1.54) is 6.08 Å². The molecule has 220 valence electrons. The van der Waals surface area contributed by atoms with Crippen molar-refractivity contribution in [3.63, 3.8) is 0 Å². The number of guanidine groups is 1. The van der Waals surface area contributed by atoms with Crippen molar-refractivity contribution >= 4 is 18.0 Å². The fourth-order valence-corrected chi connectivity index (χ4v) is 3.37. The first-order chi connectivity index (χ1) is 18.2. The summed E-state index contributed by atoms with van der Waals surface area (Å²) >= 11 is 0. The molecule has 1 aliphatic heterocycles. The third-order valence-corrected chi connectivity index (χ3v) is 5.26. The molecule has 8 N–H and O–H groups in total. The van der Waals surface area contributed by atoms with Crippen LogP contribution < -0.4 is 16.8 Å². The Bertz CT molecular complexity index is 749. The molecule has 0 aliphatic carbocycles. The maximum absolute atomic E-state index is 12.3. The maximum Gasteiger partial charge on any atom is 0.407 e. The number of carbonyl (C=O) groups is 2. The number of nitrogens with one attached hydrogen (secondary N) is 1. The van der Waals surface area contributed by atoms with Crippen LogP contribution in [0.5, 0.6) is 0 Å². The molecule has 1 amide bonds. The van der Waals surface area contributed by atoms with Crippen molar-refractivity contribution in [2.45, 2.75) is 44.6 Å². The number of hydrogen-bond acceptors (Lipinski definition) is 11. The summed E-state index contributed by atoms with van der Waals surface area (Å²) in [5.41, 5.74) is 10.9. The Kier molecular flexibility index (Phi) is 17.0. The molecular weight excluding hydrogens is 508 g/mol. The Morgan fingerprint density at radius 3 is 2.11 bits per heavy atom. The number of aliphatic hydroxyl groups is 2. The van der Waals surface area contributed by atoms with Crippen LogP contribution in [0.1, 0.15) is 20.3 Å². The number of alkyl carbamates (subject to hydrolysis) is 1. The van der Waals surface area contributed by atoms with Gasteiger partial charge in [-0.3, -0.25) is 0 Å². The summed E-state index contributed by atoms with van der Waals surface area (Å²) in [4.78, 5) is 27.8. The van der Waals surface area contributed by atoms with Gasteiger partial charge < -0.3 is 60.5 Å². The smallest absolute Gasteiger partial charge is 0.407 e. The zero-order valence-corrected chi connectivity index (χ0v) is 22.0. The third-order valence-electron chi connectivity index (χ3n) is 5.26. The minimum atomic E-state index is -1.57. The second-order valence-electron chi connectivity index (χ2n) is 8.32. The van der Waals surface area contributed by atoms with Crippen molar-refractivity contribution < 1.29 is 53.3 Å². The number of carbonyl (C=O) groups excluding carboxylic acids is 1. The van der Waals surface area contributed by atoms with E-state index in [2.05, 4.69) is 10.3 Å². The number of carboxylic acids is 1. The first-order valence-corrected chi connectivity index (χ1v) is 12.5. The van der Waals surface area contributed by atoms with Gasteiger partial charge >= 0.3 is 12.1 Å². The zero-order valence-electron chi connectivity index (χ0n) is 22.0. The van der Waals surface area contributed by atoms with E-state index >= 15 is 0 Å². The lowest BCUT2D eigenvalue weighted by Gasteiger charge is -2.38. The number of aliphatic hydroxyl groups excluding tert-OH is 2. The number of hydrogen-bond donors (Lipinski definition) is 6. The number of aliphatic imine (C=N–C) groups is 1. The topological polar surface area (TPSA) is 227 Å².